The van der Waals surface area contributed by atoms with Crippen LogP contribution in [0.25, 0.3) is 11.2 Å². The lowest BCUT2D eigenvalue weighted by molar-refractivity contribution is 0.458. The number of anilines is 2. The molecular formula is C18H21N5O2. The number of hydrogen-bond acceptors (Lipinski definition) is 4. The second kappa shape index (κ2) is 5.34. The Hall–Kier alpha value is -2.83. The lowest BCUT2D eigenvalue weighted by Gasteiger charge is -2.33. The predicted molar refractivity (Wildman–Crippen MR) is 97.6 cm³/mol. The minimum Gasteiger partial charge on any atom is -0.311 e. The second-order valence-corrected chi connectivity index (χ2v) is 6.90. The SMILES string of the molecule is Cc1ccccc1N1C[C@@H](C)Cn2c1nc1c2c(=O)n(C)c(=O)n1C. The minimum absolute atomic E-state index is 0.296. The average Bonchev–Trinajstić information content (AvgIpc) is 2.97. The molecule has 1 aliphatic rings. The Morgan fingerprint density at radius 2 is 1.80 bits per heavy atom. The van der Waals surface area contributed by atoms with E-state index in [1.165, 1.54) is 11.6 Å². The molecule has 7 heteroatoms. The molecule has 0 N–H and O–H groups in total. The normalized spacial score (nSPS) is 17.1. The third-order valence-electron chi connectivity index (χ3n) is 4.96. The summed E-state index contributed by atoms with van der Waals surface area (Å²) in [6.45, 7) is 5.76. The van der Waals surface area contributed by atoms with Crippen molar-refractivity contribution in [2.45, 2.75) is 20.4 Å². The number of hydrogen-bond donors (Lipinski definition) is 0. The zero-order chi connectivity index (χ0) is 17.9. The van der Waals surface area contributed by atoms with Gasteiger partial charge in [-0.2, -0.15) is 4.98 Å². The van der Waals surface area contributed by atoms with E-state index >= 15 is 0 Å². The Bertz CT molecular complexity index is 1110. The summed E-state index contributed by atoms with van der Waals surface area (Å²) >= 11 is 0. The number of imidazole rings is 1. The number of nitrogens with zero attached hydrogens (tertiary/aromatic N) is 5. The van der Waals surface area contributed by atoms with Crippen molar-refractivity contribution in [2.24, 2.45) is 20.0 Å². The molecule has 0 radical (unpaired) electrons. The van der Waals surface area contributed by atoms with Crippen molar-refractivity contribution < 1.29 is 0 Å². The van der Waals surface area contributed by atoms with Gasteiger partial charge in [-0.1, -0.05) is 25.1 Å². The second-order valence-electron chi connectivity index (χ2n) is 6.90. The van der Waals surface area contributed by atoms with E-state index < -0.39 is 0 Å². The minimum atomic E-state index is -0.358. The molecule has 3 heterocycles. The predicted octanol–water partition coefficient (Wildman–Crippen LogP) is 1.53. The van der Waals surface area contributed by atoms with Gasteiger partial charge in [0.15, 0.2) is 11.2 Å². The highest BCUT2D eigenvalue weighted by atomic mass is 16.2. The molecule has 0 bridgehead atoms. The van der Waals surface area contributed by atoms with Crippen LogP contribution in [0.15, 0.2) is 33.9 Å². The molecule has 1 atom stereocenters. The fraction of sp³-hybridized carbons (Fsp3) is 0.389. The Morgan fingerprint density at radius 1 is 1.08 bits per heavy atom. The number of benzene rings is 1. The number of rotatable bonds is 1. The van der Waals surface area contributed by atoms with Crippen LogP contribution in [-0.2, 0) is 20.6 Å². The topological polar surface area (TPSA) is 65.1 Å². The van der Waals surface area contributed by atoms with Gasteiger partial charge >= 0.3 is 5.69 Å². The highest BCUT2D eigenvalue weighted by Gasteiger charge is 2.29. The zero-order valence-corrected chi connectivity index (χ0v) is 14.9. The molecule has 0 aliphatic carbocycles. The van der Waals surface area contributed by atoms with Gasteiger partial charge in [0.25, 0.3) is 5.56 Å². The van der Waals surface area contributed by atoms with Gasteiger partial charge in [-0.05, 0) is 24.5 Å². The van der Waals surface area contributed by atoms with Crippen molar-refractivity contribution in [3.05, 3.63) is 50.7 Å². The molecule has 1 aromatic carbocycles. The molecule has 3 aromatic rings. The van der Waals surface area contributed by atoms with Crippen molar-refractivity contribution >= 4 is 22.8 Å². The van der Waals surface area contributed by atoms with Gasteiger partial charge in [0.05, 0.1) is 0 Å². The average molecular weight is 339 g/mol. The highest BCUT2D eigenvalue weighted by molar-refractivity contribution is 5.77. The quantitative estimate of drug-likeness (QED) is 0.674. The molecule has 2 aromatic heterocycles. The van der Waals surface area contributed by atoms with Crippen LogP contribution in [0.3, 0.4) is 0 Å². The third kappa shape index (κ3) is 2.15. The summed E-state index contributed by atoms with van der Waals surface area (Å²) < 4.78 is 4.55. The number of para-hydroxylation sites is 1. The monoisotopic (exact) mass is 339 g/mol. The summed E-state index contributed by atoms with van der Waals surface area (Å²) in [5.74, 6) is 1.08. The summed E-state index contributed by atoms with van der Waals surface area (Å²) in [4.78, 5) is 31.8. The molecule has 0 unspecified atom stereocenters. The van der Waals surface area contributed by atoms with E-state index in [9.17, 15) is 9.59 Å². The van der Waals surface area contributed by atoms with E-state index in [4.69, 9.17) is 0 Å². The van der Waals surface area contributed by atoms with Gasteiger partial charge in [0.1, 0.15) is 0 Å². The Morgan fingerprint density at radius 3 is 2.52 bits per heavy atom. The van der Waals surface area contributed by atoms with E-state index in [0.717, 1.165) is 28.3 Å². The molecular weight excluding hydrogens is 318 g/mol. The van der Waals surface area contributed by atoms with Crippen LogP contribution in [0.4, 0.5) is 11.6 Å². The summed E-state index contributed by atoms with van der Waals surface area (Å²) in [6.07, 6.45) is 0. The maximum atomic E-state index is 12.7. The molecule has 0 saturated heterocycles. The van der Waals surface area contributed by atoms with Crippen LogP contribution in [0.2, 0.25) is 0 Å². The first-order chi connectivity index (χ1) is 11.9. The largest absolute Gasteiger partial charge is 0.332 e. The summed E-state index contributed by atoms with van der Waals surface area (Å²) in [6, 6.07) is 8.14. The van der Waals surface area contributed by atoms with Crippen LogP contribution in [0.5, 0.6) is 0 Å². The van der Waals surface area contributed by atoms with Crippen LogP contribution in [0, 0.1) is 12.8 Å². The van der Waals surface area contributed by atoms with Crippen molar-refractivity contribution in [3.63, 3.8) is 0 Å². The van der Waals surface area contributed by atoms with E-state index in [2.05, 4.69) is 35.9 Å². The summed E-state index contributed by atoms with van der Waals surface area (Å²) in [7, 11) is 3.17. The van der Waals surface area contributed by atoms with Crippen molar-refractivity contribution in [2.75, 3.05) is 11.4 Å². The van der Waals surface area contributed by atoms with E-state index in [0.29, 0.717) is 23.6 Å². The van der Waals surface area contributed by atoms with Crippen LogP contribution >= 0.6 is 0 Å². The van der Waals surface area contributed by atoms with Crippen molar-refractivity contribution in [1.29, 1.82) is 0 Å². The molecule has 4 rings (SSSR count). The van der Waals surface area contributed by atoms with Gasteiger partial charge in [0, 0.05) is 32.9 Å². The molecule has 0 spiro atoms. The molecule has 25 heavy (non-hydrogen) atoms. The third-order valence-corrected chi connectivity index (χ3v) is 4.96. The van der Waals surface area contributed by atoms with Gasteiger partial charge < -0.3 is 9.47 Å². The summed E-state index contributed by atoms with van der Waals surface area (Å²) in [5.41, 5.74) is 2.50. The molecule has 7 nitrogen and oxygen atoms in total. The first-order valence-electron chi connectivity index (χ1n) is 8.39. The van der Waals surface area contributed by atoms with E-state index in [1.807, 2.05) is 16.7 Å². The number of aromatic nitrogens is 4. The molecule has 0 amide bonds. The van der Waals surface area contributed by atoms with Crippen molar-refractivity contribution in [3.8, 4) is 0 Å². The maximum absolute atomic E-state index is 12.7. The van der Waals surface area contributed by atoms with E-state index in [1.54, 1.807) is 7.05 Å². The van der Waals surface area contributed by atoms with Gasteiger partial charge in [-0.15, -0.1) is 0 Å². The van der Waals surface area contributed by atoms with Crippen LogP contribution in [-0.4, -0.2) is 25.2 Å². The van der Waals surface area contributed by atoms with Crippen LogP contribution < -0.4 is 16.1 Å². The Balaban J connectivity index is 2.07. The Labute approximate surface area is 144 Å². The first kappa shape index (κ1) is 15.7. The van der Waals surface area contributed by atoms with Gasteiger partial charge in [0.2, 0.25) is 5.95 Å². The fourth-order valence-corrected chi connectivity index (χ4v) is 3.65. The van der Waals surface area contributed by atoms with Gasteiger partial charge in [-0.25, -0.2) is 4.79 Å². The molecule has 130 valence electrons. The highest BCUT2D eigenvalue weighted by Crippen LogP contribution is 2.34. The van der Waals surface area contributed by atoms with Crippen molar-refractivity contribution in [1.82, 2.24) is 18.7 Å². The molecule has 0 saturated carbocycles. The Kier molecular flexibility index (Phi) is 3.35. The maximum Gasteiger partial charge on any atom is 0.332 e. The standard InChI is InChI=1S/C18H21N5O2/c1-11-9-22(13-8-6-5-7-12(13)2)17-19-15-14(23(17)10-11)16(24)21(4)18(25)20(15)3/h5-8,11H,9-10H2,1-4H3/t11-/m1/s1. The summed E-state index contributed by atoms with van der Waals surface area (Å²) in [5, 5.41) is 0. The first-order valence-corrected chi connectivity index (χ1v) is 8.39. The smallest absolute Gasteiger partial charge is 0.311 e. The van der Waals surface area contributed by atoms with E-state index in [-0.39, 0.29) is 11.2 Å². The van der Waals surface area contributed by atoms with Crippen LogP contribution in [0.1, 0.15) is 12.5 Å². The number of fused-ring (bicyclic) bond motifs is 3. The molecule has 0 fully saturated rings. The fourth-order valence-electron chi connectivity index (χ4n) is 3.65. The lowest BCUT2D eigenvalue weighted by atomic mass is 10.1. The number of aryl methyl sites for hydroxylation is 2. The lowest BCUT2D eigenvalue weighted by Crippen LogP contribution is -2.38. The van der Waals surface area contributed by atoms with Gasteiger partial charge in [-0.3, -0.25) is 13.9 Å². The zero-order valence-electron chi connectivity index (χ0n) is 14.9. The molecule has 1 aliphatic heterocycles.